The van der Waals surface area contributed by atoms with Crippen LogP contribution >= 0.6 is 0 Å². The predicted octanol–water partition coefficient (Wildman–Crippen LogP) is 17.2. The third-order valence-corrected chi connectivity index (χ3v) is 11.9. The van der Waals surface area contributed by atoms with Crippen molar-refractivity contribution in [2.75, 3.05) is 0 Å². The molecular formula is C46H94. The summed E-state index contributed by atoms with van der Waals surface area (Å²) in [5.74, 6) is 6.52. The fraction of sp³-hybridized carbons (Fsp3) is 1.00. The molecule has 0 aliphatic heterocycles. The second-order valence-corrected chi connectivity index (χ2v) is 17.7. The highest BCUT2D eigenvalue weighted by molar-refractivity contribution is 4.69. The number of unbranched alkanes of at least 4 members (excludes halogenated alkanes) is 11. The van der Waals surface area contributed by atoms with Crippen molar-refractivity contribution in [1.82, 2.24) is 0 Å². The molecule has 0 bridgehead atoms. The second-order valence-electron chi connectivity index (χ2n) is 17.7. The predicted molar refractivity (Wildman–Crippen MR) is 214 cm³/mol. The highest BCUT2D eigenvalue weighted by atomic mass is 14.2. The van der Waals surface area contributed by atoms with Gasteiger partial charge >= 0.3 is 0 Å². The van der Waals surface area contributed by atoms with E-state index in [2.05, 4.69) is 62.3 Å². The van der Waals surface area contributed by atoms with E-state index in [0.717, 1.165) is 41.4 Å². The Kier molecular flexibility index (Phi) is 33.5. The summed E-state index contributed by atoms with van der Waals surface area (Å²) in [4.78, 5) is 0. The summed E-state index contributed by atoms with van der Waals surface area (Å²) in [5.41, 5.74) is 0. The minimum atomic E-state index is 0.874. The molecule has 0 spiro atoms. The molecule has 0 nitrogen and oxygen atoms in total. The van der Waals surface area contributed by atoms with Gasteiger partial charge in [0, 0.05) is 0 Å². The maximum atomic E-state index is 2.61. The van der Waals surface area contributed by atoms with Crippen LogP contribution in [0.1, 0.15) is 255 Å². The molecular weight excluding hydrogens is 553 g/mol. The Bertz CT molecular complexity index is 561. The van der Waals surface area contributed by atoms with Crippen molar-refractivity contribution in [2.24, 2.45) is 41.4 Å². The van der Waals surface area contributed by atoms with Crippen LogP contribution in [0.4, 0.5) is 0 Å². The Morgan fingerprint density at radius 2 is 0.543 bits per heavy atom. The zero-order chi connectivity index (χ0) is 34.3. The van der Waals surface area contributed by atoms with Gasteiger partial charge in [0.2, 0.25) is 0 Å². The Balaban J connectivity index is 4.03. The van der Waals surface area contributed by atoms with E-state index in [4.69, 9.17) is 0 Å². The molecule has 0 saturated carbocycles. The van der Waals surface area contributed by atoms with Gasteiger partial charge in [-0.1, -0.05) is 255 Å². The molecule has 0 aliphatic rings. The molecule has 0 fully saturated rings. The van der Waals surface area contributed by atoms with Crippen LogP contribution in [0.2, 0.25) is 0 Å². The van der Waals surface area contributed by atoms with Crippen molar-refractivity contribution < 1.29 is 0 Å². The van der Waals surface area contributed by atoms with Gasteiger partial charge in [0.05, 0.1) is 0 Å². The molecule has 0 heteroatoms. The lowest BCUT2D eigenvalue weighted by atomic mass is 9.81. The van der Waals surface area contributed by atoms with Gasteiger partial charge < -0.3 is 0 Å². The molecule has 46 heavy (non-hydrogen) atoms. The van der Waals surface area contributed by atoms with Crippen molar-refractivity contribution in [1.29, 1.82) is 0 Å². The molecule has 0 aromatic rings. The summed E-state index contributed by atoms with van der Waals surface area (Å²) in [6.45, 7) is 22.1. The highest BCUT2D eigenvalue weighted by Gasteiger charge is 2.17. The first-order valence-electron chi connectivity index (χ1n) is 22.2. The molecule has 5 atom stereocenters. The van der Waals surface area contributed by atoms with E-state index < -0.39 is 0 Å². The fourth-order valence-electron chi connectivity index (χ4n) is 8.18. The maximum Gasteiger partial charge on any atom is -0.0388 e. The summed E-state index contributed by atoms with van der Waals surface area (Å²) < 4.78 is 0. The summed E-state index contributed by atoms with van der Waals surface area (Å²) in [5, 5.41) is 0. The van der Waals surface area contributed by atoms with Crippen LogP contribution in [0.5, 0.6) is 0 Å². The van der Waals surface area contributed by atoms with Crippen LogP contribution in [0.3, 0.4) is 0 Å². The minimum absolute atomic E-state index is 0.874. The smallest absolute Gasteiger partial charge is 0.0388 e. The fourth-order valence-corrected chi connectivity index (χ4v) is 8.18. The lowest BCUT2D eigenvalue weighted by Crippen LogP contribution is -2.13. The van der Waals surface area contributed by atoms with Crippen molar-refractivity contribution >= 4 is 0 Å². The zero-order valence-corrected chi connectivity index (χ0v) is 34.3. The molecule has 0 saturated heterocycles. The first-order chi connectivity index (χ1) is 22.2. The van der Waals surface area contributed by atoms with Crippen molar-refractivity contribution in [2.45, 2.75) is 255 Å². The third kappa shape index (κ3) is 31.3. The van der Waals surface area contributed by atoms with Gasteiger partial charge in [-0.25, -0.2) is 0 Å². The largest absolute Gasteiger partial charge is 0.0654 e. The number of rotatable bonds is 36. The standard InChI is InChI=1S/C46H94/c1-10-12-14-16-18-20-38-46(39-21-19-17-15-13-11-2)45(9)37-27-36-44(8)35-26-33-42(6)30-23-22-29-41(5)32-25-34-43(7)31-24-28-40(3)4/h40-46H,10-39H2,1-9H3. The number of hydrogen-bond acceptors (Lipinski definition) is 0. The topological polar surface area (TPSA) is 0 Å². The van der Waals surface area contributed by atoms with Gasteiger partial charge in [0.25, 0.3) is 0 Å². The molecule has 0 heterocycles. The lowest BCUT2D eigenvalue weighted by Gasteiger charge is -2.25. The first-order valence-corrected chi connectivity index (χ1v) is 22.2. The molecule has 0 amide bonds. The van der Waals surface area contributed by atoms with Crippen LogP contribution in [0.15, 0.2) is 0 Å². The van der Waals surface area contributed by atoms with Crippen molar-refractivity contribution in [3.8, 4) is 0 Å². The monoisotopic (exact) mass is 647 g/mol. The average molecular weight is 647 g/mol. The quantitative estimate of drug-likeness (QED) is 0.0594. The van der Waals surface area contributed by atoms with E-state index in [9.17, 15) is 0 Å². The second kappa shape index (κ2) is 33.5. The molecule has 0 rings (SSSR count). The summed E-state index contributed by atoms with van der Waals surface area (Å²) in [6, 6.07) is 0. The molecule has 0 radical (unpaired) electrons. The molecule has 278 valence electrons. The van der Waals surface area contributed by atoms with Gasteiger partial charge in [-0.05, 0) is 41.4 Å². The van der Waals surface area contributed by atoms with Crippen LogP contribution in [0.25, 0.3) is 0 Å². The van der Waals surface area contributed by atoms with E-state index in [1.54, 1.807) is 0 Å². The van der Waals surface area contributed by atoms with E-state index in [1.807, 2.05) is 0 Å². The van der Waals surface area contributed by atoms with E-state index in [-0.39, 0.29) is 0 Å². The summed E-state index contributed by atoms with van der Waals surface area (Å²) >= 11 is 0. The van der Waals surface area contributed by atoms with Gasteiger partial charge in [-0.15, -0.1) is 0 Å². The van der Waals surface area contributed by atoms with Crippen LogP contribution in [-0.4, -0.2) is 0 Å². The van der Waals surface area contributed by atoms with E-state index in [0.29, 0.717) is 0 Å². The maximum absolute atomic E-state index is 2.61. The van der Waals surface area contributed by atoms with Gasteiger partial charge in [-0.3, -0.25) is 0 Å². The lowest BCUT2D eigenvalue weighted by molar-refractivity contribution is 0.268. The normalized spacial score (nSPS) is 15.5. The van der Waals surface area contributed by atoms with Gasteiger partial charge in [0.15, 0.2) is 0 Å². The Morgan fingerprint density at radius 1 is 0.261 bits per heavy atom. The molecule has 0 N–H and O–H groups in total. The Hall–Kier alpha value is 0. The molecule has 0 aromatic heterocycles. The minimum Gasteiger partial charge on any atom is -0.0654 e. The van der Waals surface area contributed by atoms with Gasteiger partial charge in [0.1, 0.15) is 0 Å². The molecule has 0 aromatic carbocycles. The van der Waals surface area contributed by atoms with Crippen molar-refractivity contribution in [3.63, 3.8) is 0 Å². The van der Waals surface area contributed by atoms with Crippen LogP contribution in [0, 0.1) is 41.4 Å². The third-order valence-electron chi connectivity index (χ3n) is 11.9. The zero-order valence-electron chi connectivity index (χ0n) is 34.3. The highest BCUT2D eigenvalue weighted by Crippen LogP contribution is 2.31. The summed E-state index contributed by atoms with van der Waals surface area (Å²) in [6.07, 6.45) is 43.7. The number of hydrogen-bond donors (Lipinski definition) is 0. The van der Waals surface area contributed by atoms with Crippen LogP contribution < -0.4 is 0 Å². The van der Waals surface area contributed by atoms with E-state index in [1.165, 1.54) is 193 Å². The van der Waals surface area contributed by atoms with Crippen molar-refractivity contribution in [3.05, 3.63) is 0 Å². The Labute approximate surface area is 295 Å². The van der Waals surface area contributed by atoms with Gasteiger partial charge in [-0.2, -0.15) is 0 Å². The van der Waals surface area contributed by atoms with E-state index >= 15 is 0 Å². The Morgan fingerprint density at radius 3 is 0.913 bits per heavy atom. The average Bonchev–Trinajstić information content (AvgIpc) is 3.01. The molecule has 5 unspecified atom stereocenters. The van der Waals surface area contributed by atoms with Crippen LogP contribution in [-0.2, 0) is 0 Å². The summed E-state index contributed by atoms with van der Waals surface area (Å²) in [7, 11) is 0. The molecule has 0 aliphatic carbocycles. The first kappa shape index (κ1) is 46.0. The SMILES string of the molecule is CCCCCCCCC(CCCCCCCC)C(C)CCCC(C)CCCC(C)CCCCC(C)CCCC(C)CCCC(C)C.